The van der Waals surface area contributed by atoms with Crippen LogP contribution < -0.4 is 5.32 Å². The molecule has 1 aromatic carbocycles. The highest BCUT2D eigenvalue weighted by molar-refractivity contribution is 6.36. The second-order valence-corrected chi connectivity index (χ2v) is 6.12. The lowest BCUT2D eigenvalue weighted by molar-refractivity contribution is -0.117. The molecule has 1 fully saturated rings. The number of rotatable bonds is 6. The van der Waals surface area contributed by atoms with E-state index in [1.165, 1.54) is 0 Å². The quantitative estimate of drug-likeness (QED) is 0.848. The molecule has 0 aromatic heterocycles. The Balaban J connectivity index is 1.81. The standard InChI is InChI=1S/C14H18Cl2N2O2/c1-18(7-13(19)9-2-3-9)8-14(20)17-12-5-4-10(15)6-11(12)16/h4-6,9,13,19H,2-3,7-8H2,1H3,(H,17,20). The predicted octanol–water partition coefficient (Wildman–Crippen LogP) is 2.63. The summed E-state index contributed by atoms with van der Waals surface area (Å²) in [7, 11) is 1.81. The molecular weight excluding hydrogens is 299 g/mol. The van der Waals surface area contributed by atoms with Gasteiger partial charge < -0.3 is 10.4 Å². The molecule has 1 aromatic rings. The number of likely N-dealkylation sites (N-methyl/N-ethyl adjacent to an activating group) is 1. The summed E-state index contributed by atoms with van der Waals surface area (Å²) >= 11 is 11.8. The molecule has 1 amide bonds. The highest BCUT2D eigenvalue weighted by Gasteiger charge is 2.30. The summed E-state index contributed by atoms with van der Waals surface area (Å²) in [5.74, 6) is 0.242. The Kier molecular flexibility index (Phi) is 5.27. The second kappa shape index (κ2) is 6.76. The summed E-state index contributed by atoms with van der Waals surface area (Å²) in [6.45, 7) is 0.717. The van der Waals surface area contributed by atoms with Gasteiger partial charge in [-0.25, -0.2) is 0 Å². The lowest BCUT2D eigenvalue weighted by Gasteiger charge is -2.20. The van der Waals surface area contributed by atoms with Crippen LogP contribution in [0.15, 0.2) is 18.2 Å². The van der Waals surface area contributed by atoms with Crippen LogP contribution in [-0.4, -0.2) is 42.2 Å². The van der Waals surface area contributed by atoms with Crippen LogP contribution in [-0.2, 0) is 4.79 Å². The van der Waals surface area contributed by atoms with Crippen molar-refractivity contribution in [1.82, 2.24) is 4.90 Å². The van der Waals surface area contributed by atoms with Crippen molar-refractivity contribution in [1.29, 1.82) is 0 Å². The molecule has 0 saturated heterocycles. The zero-order valence-electron chi connectivity index (χ0n) is 11.3. The molecule has 0 spiro atoms. The Labute approximate surface area is 128 Å². The number of halogens is 2. The van der Waals surface area contributed by atoms with Crippen LogP contribution in [0.1, 0.15) is 12.8 Å². The average Bonchev–Trinajstić information content (AvgIpc) is 3.16. The second-order valence-electron chi connectivity index (χ2n) is 5.27. The Bertz CT molecular complexity index is 492. The minimum atomic E-state index is -0.341. The van der Waals surface area contributed by atoms with Gasteiger partial charge in [-0.05, 0) is 44.0 Å². The largest absolute Gasteiger partial charge is 0.392 e. The predicted molar refractivity (Wildman–Crippen MR) is 81.3 cm³/mol. The third kappa shape index (κ3) is 4.63. The maximum atomic E-state index is 11.9. The maximum Gasteiger partial charge on any atom is 0.238 e. The number of carbonyl (C=O) groups excluding carboxylic acids is 1. The number of anilines is 1. The Morgan fingerprint density at radius 3 is 2.80 bits per heavy atom. The summed E-state index contributed by atoms with van der Waals surface area (Å²) in [5, 5.41) is 13.5. The molecular formula is C14H18Cl2N2O2. The van der Waals surface area contributed by atoms with Crippen molar-refractivity contribution in [2.75, 3.05) is 25.5 Å². The number of carbonyl (C=O) groups is 1. The molecule has 2 N–H and O–H groups in total. The van der Waals surface area contributed by atoms with E-state index in [2.05, 4.69) is 5.32 Å². The van der Waals surface area contributed by atoms with E-state index in [1.54, 1.807) is 18.2 Å². The van der Waals surface area contributed by atoms with Crippen LogP contribution in [0.4, 0.5) is 5.69 Å². The van der Waals surface area contributed by atoms with Gasteiger partial charge in [0.25, 0.3) is 0 Å². The van der Waals surface area contributed by atoms with Crippen molar-refractivity contribution in [2.45, 2.75) is 18.9 Å². The fourth-order valence-corrected chi connectivity index (χ4v) is 2.50. The fraction of sp³-hybridized carbons (Fsp3) is 0.500. The molecule has 0 heterocycles. The van der Waals surface area contributed by atoms with E-state index in [0.29, 0.717) is 28.2 Å². The van der Waals surface area contributed by atoms with Gasteiger partial charge in [0, 0.05) is 11.6 Å². The Hall–Kier alpha value is -0.810. The van der Waals surface area contributed by atoms with Crippen molar-refractivity contribution >= 4 is 34.8 Å². The molecule has 4 nitrogen and oxygen atoms in total. The van der Waals surface area contributed by atoms with Crippen LogP contribution in [0.3, 0.4) is 0 Å². The fourth-order valence-electron chi connectivity index (χ4n) is 2.04. The average molecular weight is 317 g/mol. The van der Waals surface area contributed by atoms with Gasteiger partial charge in [0.2, 0.25) is 5.91 Å². The van der Waals surface area contributed by atoms with Crippen LogP contribution >= 0.6 is 23.2 Å². The Morgan fingerprint density at radius 2 is 2.20 bits per heavy atom. The molecule has 1 saturated carbocycles. The zero-order chi connectivity index (χ0) is 14.7. The smallest absolute Gasteiger partial charge is 0.238 e. The first-order valence-electron chi connectivity index (χ1n) is 6.57. The number of amides is 1. The minimum Gasteiger partial charge on any atom is -0.392 e. The van der Waals surface area contributed by atoms with Gasteiger partial charge in [-0.15, -0.1) is 0 Å². The molecule has 1 unspecified atom stereocenters. The summed E-state index contributed by atoms with van der Waals surface area (Å²) < 4.78 is 0. The highest BCUT2D eigenvalue weighted by atomic mass is 35.5. The monoisotopic (exact) mass is 316 g/mol. The number of benzene rings is 1. The molecule has 2 rings (SSSR count). The van der Waals surface area contributed by atoms with E-state index in [4.69, 9.17) is 23.2 Å². The zero-order valence-corrected chi connectivity index (χ0v) is 12.8. The van der Waals surface area contributed by atoms with E-state index >= 15 is 0 Å². The molecule has 0 radical (unpaired) electrons. The number of hydrogen-bond acceptors (Lipinski definition) is 3. The first-order chi connectivity index (χ1) is 9.45. The van der Waals surface area contributed by atoms with Crippen molar-refractivity contribution < 1.29 is 9.90 Å². The van der Waals surface area contributed by atoms with Gasteiger partial charge in [-0.3, -0.25) is 9.69 Å². The van der Waals surface area contributed by atoms with Crippen LogP contribution in [0.25, 0.3) is 0 Å². The maximum absolute atomic E-state index is 11.9. The molecule has 6 heteroatoms. The summed E-state index contributed by atoms with van der Waals surface area (Å²) in [6.07, 6.45) is 1.83. The van der Waals surface area contributed by atoms with E-state index in [-0.39, 0.29) is 18.6 Å². The van der Waals surface area contributed by atoms with Crippen molar-refractivity contribution in [3.05, 3.63) is 28.2 Å². The van der Waals surface area contributed by atoms with E-state index in [0.717, 1.165) is 12.8 Å². The minimum absolute atomic E-state index is 0.167. The molecule has 0 aliphatic heterocycles. The van der Waals surface area contributed by atoms with Crippen molar-refractivity contribution in [2.24, 2.45) is 5.92 Å². The summed E-state index contributed by atoms with van der Waals surface area (Å²) in [4.78, 5) is 13.7. The Morgan fingerprint density at radius 1 is 1.50 bits per heavy atom. The van der Waals surface area contributed by atoms with Gasteiger partial charge in [-0.1, -0.05) is 23.2 Å². The first-order valence-corrected chi connectivity index (χ1v) is 7.33. The molecule has 110 valence electrons. The number of nitrogens with one attached hydrogen (secondary N) is 1. The number of nitrogens with zero attached hydrogens (tertiary/aromatic N) is 1. The van der Waals surface area contributed by atoms with Gasteiger partial charge in [0.15, 0.2) is 0 Å². The van der Waals surface area contributed by atoms with E-state index < -0.39 is 0 Å². The van der Waals surface area contributed by atoms with E-state index in [9.17, 15) is 9.90 Å². The molecule has 1 aliphatic rings. The third-order valence-corrected chi connectivity index (χ3v) is 3.83. The van der Waals surface area contributed by atoms with Gasteiger partial charge in [0.05, 0.1) is 23.4 Å². The number of aliphatic hydroxyl groups excluding tert-OH is 1. The lowest BCUT2D eigenvalue weighted by atomic mass is 10.2. The van der Waals surface area contributed by atoms with E-state index in [1.807, 2.05) is 11.9 Å². The number of hydrogen-bond donors (Lipinski definition) is 2. The SMILES string of the molecule is CN(CC(=O)Nc1ccc(Cl)cc1Cl)CC(O)C1CC1. The first kappa shape index (κ1) is 15.6. The highest BCUT2D eigenvalue weighted by Crippen LogP contribution is 2.32. The van der Waals surface area contributed by atoms with Crippen LogP contribution in [0.5, 0.6) is 0 Å². The van der Waals surface area contributed by atoms with Gasteiger partial charge >= 0.3 is 0 Å². The van der Waals surface area contributed by atoms with Gasteiger partial charge in [0.1, 0.15) is 0 Å². The lowest BCUT2D eigenvalue weighted by Crippen LogP contribution is -2.36. The van der Waals surface area contributed by atoms with Crippen molar-refractivity contribution in [3.63, 3.8) is 0 Å². The topological polar surface area (TPSA) is 52.6 Å². The molecule has 0 bridgehead atoms. The third-order valence-electron chi connectivity index (χ3n) is 3.28. The summed E-state index contributed by atoms with van der Waals surface area (Å²) in [6, 6.07) is 4.92. The summed E-state index contributed by atoms with van der Waals surface area (Å²) in [5.41, 5.74) is 0.539. The van der Waals surface area contributed by atoms with Gasteiger partial charge in [-0.2, -0.15) is 0 Å². The molecule has 1 aliphatic carbocycles. The van der Waals surface area contributed by atoms with Crippen molar-refractivity contribution in [3.8, 4) is 0 Å². The molecule has 1 atom stereocenters. The molecule has 20 heavy (non-hydrogen) atoms. The number of aliphatic hydroxyl groups is 1. The normalized spacial score (nSPS) is 16.2. The van der Waals surface area contributed by atoms with Crippen LogP contribution in [0.2, 0.25) is 10.0 Å². The van der Waals surface area contributed by atoms with Crippen LogP contribution in [0, 0.1) is 5.92 Å².